The summed E-state index contributed by atoms with van der Waals surface area (Å²) >= 11 is 1.54. The lowest BCUT2D eigenvalue weighted by Gasteiger charge is -2.05. The maximum absolute atomic E-state index is 13.1. The van der Waals surface area contributed by atoms with E-state index in [0.717, 1.165) is 4.88 Å². The zero-order valence-electron chi connectivity index (χ0n) is 8.62. The van der Waals surface area contributed by atoms with E-state index < -0.39 is 23.5 Å². The van der Waals surface area contributed by atoms with Crippen molar-refractivity contribution in [1.29, 1.82) is 0 Å². The summed E-state index contributed by atoms with van der Waals surface area (Å²) in [7, 11) is 0. The lowest BCUT2D eigenvalue weighted by atomic mass is 10.4. The first-order valence-electron chi connectivity index (χ1n) is 4.83. The van der Waals surface area contributed by atoms with E-state index in [1.807, 2.05) is 17.5 Å². The Balaban J connectivity index is 1.97. The predicted molar refractivity (Wildman–Crippen MR) is 57.6 cm³/mol. The van der Waals surface area contributed by atoms with Crippen molar-refractivity contribution in [3.63, 3.8) is 0 Å². The molecule has 17 heavy (non-hydrogen) atoms. The van der Waals surface area contributed by atoms with E-state index in [4.69, 9.17) is 4.74 Å². The van der Waals surface area contributed by atoms with Gasteiger partial charge < -0.3 is 4.74 Å². The van der Waals surface area contributed by atoms with E-state index in [1.165, 1.54) is 11.3 Å². The molecule has 2 aromatic heterocycles. The van der Waals surface area contributed by atoms with Crippen LogP contribution >= 0.6 is 11.3 Å². The molecule has 2 aromatic rings. The van der Waals surface area contributed by atoms with Gasteiger partial charge >= 0.3 is 0 Å². The molecule has 0 atom stereocenters. The van der Waals surface area contributed by atoms with Crippen LogP contribution in [0.5, 0.6) is 5.88 Å². The zero-order chi connectivity index (χ0) is 12.3. The summed E-state index contributed by atoms with van der Waals surface area (Å²) < 4.78 is 43.4. The van der Waals surface area contributed by atoms with Crippen LogP contribution < -0.4 is 4.74 Å². The number of rotatable bonds is 4. The molecular weight excluding hydrogens is 251 g/mol. The minimum atomic E-state index is -1.36. The standard InChI is InChI=1S/C11H8F3NOS/c12-8-6-9(13)11(15-10(8)14)16-4-3-7-2-1-5-17-7/h1-2,5-6H,3-4H2. The van der Waals surface area contributed by atoms with Gasteiger partial charge in [-0.05, 0) is 11.4 Å². The lowest BCUT2D eigenvalue weighted by molar-refractivity contribution is 0.283. The van der Waals surface area contributed by atoms with Crippen molar-refractivity contribution in [2.45, 2.75) is 6.42 Å². The van der Waals surface area contributed by atoms with Crippen LogP contribution in [0, 0.1) is 17.6 Å². The molecule has 6 heteroatoms. The molecule has 2 rings (SSSR count). The molecule has 0 amide bonds. The normalized spacial score (nSPS) is 10.5. The SMILES string of the molecule is Fc1cc(F)c(OCCc2cccs2)nc1F. The largest absolute Gasteiger partial charge is 0.475 e. The summed E-state index contributed by atoms with van der Waals surface area (Å²) in [5.41, 5.74) is 0. The molecule has 0 saturated carbocycles. The summed E-state index contributed by atoms with van der Waals surface area (Å²) in [5, 5.41) is 1.91. The van der Waals surface area contributed by atoms with Gasteiger partial charge in [0.1, 0.15) is 0 Å². The first-order chi connectivity index (χ1) is 8.16. The van der Waals surface area contributed by atoms with Gasteiger partial charge in [0.2, 0.25) is 0 Å². The van der Waals surface area contributed by atoms with Crippen molar-refractivity contribution < 1.29 is 17.9 Å². The highest BCUT2D eigenvalue weighted by Crippen LogP contribution is 2.17. The Bertz CT molecular complexity index is 502. The summed E-state index contributed by atoms with van der Waals surface area (Å²) in [4.78, 5) is 4.12. The smallest absolute Gasteiger partial charge is 0.253 e. The van der Waals surface area contributed by atoms with Crippen molar-refractivity contribution in [2.75, 3.05) is 6.61 Å². The van der Waals surface area contributed by atoms with Gasteiger partial charge in [0.15, 0.2) is 11.6 Å². The number of pyridine rings is 1. The molecule has 90 valence electrons. The van der Waals surface area contributed by atoms with Crippen LogP contribution in [0.15, 0.2) is 23.6 Å². The Kier molecular flexibility index (Phi) is 3.63. The summed E-state index contributed by atoms with van der Waals surface area (Å²) in [5.74, 6) is -4.21. The molecule has 2 nitrogen and oxygen atoms in total. The number of aromatic nitrogens is 1. The van der Waals surface area contributed by atoms with Gasteiger partial charge in [-0.3, -0.25) is 0 Å². The molecule has 0 radical (unpaired) electrons. The minimum Gasteiger partial charge on any atom is -0.475 e. The number of halogens is 3. The van der Waals surface area contributed by atoms with Gasteiger partial charge in [0.25, 0.3) is 11.8 Å². The molecule has 0 N–H and O–H groups in total. The van der Waals surface area contributed by atoms with Crippen LogP contribution in [0.25, 0.3) is 0 Å². The van der Waals surface area contributed by atoms with Crippen LogP contribution in [0.4, 0.5) is 13.2 Å². The Hall–Kier alpha value is -1.56. The third-order valence-corrected chi connectivity index (χ3v) is 2.96. The van der Waals surface area contributed by atoms with Crippen LogP contribution in [-0.2, 0) is 6.42 Å². The Morgan fingerprint density at radius 2 is 2.06 bits per heavy atom. The maximum Gasteiger partial charge on any atom is 0.253 e. The summed E-state index contributed by atoms with van der Waals surface area (Å²) in [6, 6.07) is 4.21. The molecule has 0 unspecified atom stereocenters. The fourth-order valence-electron chi connectivity index (χ4n) is 1.23. The van der Waals surface area contributed by atoms with Crippen LogP contribution in [0.2, 0.25) is 0 Å². The van der Waals surface area contributed by atoms with E-state index in [9.17, 15) is 13.2 Å². The molecule has 0 aromatic carbocycles. The molecule has 0 saturated heterocycles. The summed E-state index contributed by atoms with van der Waals surface area (Å²) in [6.07, 6.45) is 0.567. The predicted octanol–water partition coefficient (Wildman–Crippen LogP) is 3.18. The molecule has 0 aliphatic rings. The number of hydrogen-bond donors (Lipinski definition) is 0. The van der Waals surface area contributed by atoms with Gasteiger partial charge in [-0.1, -0.05) is 6.07 Å². The highest BCUT2D eigenvalue weighted by Gasteiger charge is 2.12. The second kappa shape index (κ2) is 5.18. The average Bonchev–Trinajstić information content (AvgIpc) is 2.78. The first-order valence-corrected chi connectivity index (χ1v) is 5.71. The fourth-order valence-corrected chi connectivity index (χ4v) is 1.92. The number of thiophene rings is 1. The zero-order valence-corrected chi connectivity index (χ0v) is 9.44. The van der Waals surface area contributed by atoms with Crippen LogP contribution in [-0.4, -0.2) is 11.6 Å². The number of ether oxygens (including phenoxy) is 1. The van der Waals surface area contributed by atoms with E-state index in [1.54, 1.807) is 0 Å². The van der Waals surface area contributed by atoms with Gasteiger partial charge in [-0.15, -0.1) is 11.3 Å². The molecule has 0 aliphatic carbocycles. The molecule has 2 heterocycles. The van der Waals surface area contributed by atoms with Crippen LogP contribution in [0.3, 0.4) is 0 Å². The number of hydrogen-bond acceptors (Lipinski definition) is 3. The van der Waals surface area contributed by atoms with Crippen molar-refractivity contribution in [3.05, 3.63) is 46.0 Å². The molecule has 0 fully saturated rings. The first kappa shape index (κ1) is 11.9. The van der Waals surface area contributed by atoms with E-state index in [-0.39, 0.29) is 6.61 Å². The second-order valence-corrected chi connectivity index (χ2v) is 4.26. The van der Waals surface area contributed by atoms with Gasteiger partial charge in [0.05, 0.1) is 6.61 Å². The second-order valence-electron chi connectivity index (χ2n) is 3.23. The minimum absolute atomic E-state index is 0.162. The van der Waals surface area contributed by atoms with Crippen molar-refractivity contribution in [3.8, 4) is 5.88 Å². The highest BCUT2D eigenvalue weighted by atomic mass is 32.1. The number of nitrogens with zero attached hydrogens (tertiary/aromatic N) is 1. The third-order valence-electron chi connectivity index (χ3n) is 2.02. The molecule has 0 spiro atoms. The Labute approximate surface area is 99.7 Å². The van der Waals surface area contributed by atoms with Gasteiger partial charge in [-0.2, -0.15) is 9.37 Å². The van der Waals surface area contributed by atoms with E-state index >= 15 is 0 Å². The van der Waals surface area contributed by atoms with Gasteiger partial charge in [-0.25, -0.2) is 8.78 Å². The topological polar surface area (TPSA) is 22.1 Å². The van der Waals surface area contributed by atoms with Gasteiger partial charge in [0, 0.05) is 17.4 Å². The summed E-state index contributed by atoms with van der Waals surface area (Å²) in [6.45, 7) is 0.162. The average molecular weight is 259 g/mol. The highest BCUT2D eigenvalue weighted by molar-refractivity contribution is 7.09. The quantitative estimate of drug-likeness (QED) is 0.787. The Morgan fingerprint density at radius 1 is 1.24 bits per heavy atom. The third kappa shape index (κ3) is 2.97. The fraction of sp³-hybridized carbons (Fsp3) is 0.182. The maximum atomic E-state index is 13.1. The molecule has 0 bridgehead atoms. The molecule has 0 aliphatic heterocycles. The monoisotopic (exact) mass is 259 g/mol. The Morgan fingerprint density at radius 3 is 2.76 bits per heavy atom. The van der Waals surface area contributed by atoms with Crippen molar-refractivity contribution >= 4 is 11.3 Å². The van der Waals surface area contributed by atoms with E-state index in [2.05, 4.69) is 4.98 Å². The van der Waals surface area contributed by atoms with Crippen LogP contribution in [0.1, 0.15) is 4.88 Å². The van der Waals surface area contributed by atoms with E-state index in [0.29, 0.717) is 12.5 Å². The van der Waals surface area contributed by atoms with Crippen molar-refractivity contribution in [1.82, 2.24) is 4.98 Å². The lowest BCUT2D eigenvalue weighted by Crippen LogP contribution is -2.05. The van der Waals surface area contributed by atoms with Crippen molar-refractivity contribution in [2.24, 2.45) is 0 Å². The molecular formula is C11H8F3NOS.